The number of aromatic nitrogens is 1. The van der Waals surface area contributed by atoms with E-state index in [0.29, 0.717) is 18.7 Å². The second-order valence-electron chi connectivity index (χ2n) is 5.20. The number of aliphatic carboxylic acids is 1. The maximum Gasteiger partial charge on any atom is 0.326 e. The fourth-order valence-electron chi connectivity index (χ4n) is 2.35. The van der Waals surface area contributed by atoms with Crippen molar-refractivity contribution < 1.29 is 14.7 Å². The summed E-state index contributed by atoms with van der Waals surface area (Å²) in [5.41, 5.74) is 1.05. The smallest absolute Gasteiger partial charge is 0.326 e. The number of aryl methyl sites for hydroxylation is 1. The predicted octanol–water partition coefficient (Wildman–Crippen LogP) is 3.12. The van der Waals surface area contributed by atoms with Gasteiger partial charge in [-0.1, -0.05) is 15.9 Å². The average molecular weight is 399 g/mol. The van der Waals surface area contributed by atoms with Gasteiger partial charge in [0, 0.05) is 34.5 Å². The van der Waals surface area contributed by atoms with E-state index in [2.05, 4.69) is 21.2 Å². The van der Waals surface area contributed by atoms with Crippen molar-refractivity contribution in [2.24, 2.45) is 0 Å². The van der Waals surface area contributed by atoms with E-state index < -0.39 is 12.0 Å². The zero-order chi connectivity index (χ0) is 16.8. The summed E-state index contributed by atoms with van der Waals surface area (Å²) >= 11 is 5.00. The molecule has 1 heterocycles. The van der Waals surface area contributed by atoms with E-state index in [1.54, 1.807) is 11.8 Å². The lowest BCUT2D eigenvalue weighted by molar-refractivity contribution is -0.141. The van der Waals surface area contributed by atoms with Crippen LogP contribution in [0.5, 0.6) is 0 Å². The number of halogens is 1. The SMILES string of the molecule is CSCC[C@H](NC(=O)CCn1ccc2cc(Br)ccc21)C(=O)O. The van der Waals surface area contributed by atoms with E-state index in [-0.39, 0.29) is 12.3 Å². The fourth-order valence-corrected chi connectivity index (χ4v) is 3.20. The monoisotopic (exact) mass is 398 g/mol. The van der Waals surface area contributed by atoms with Crippen molar-refractivity contribution in [3.05, 3.63) is 34.9 Å². The molecule has 0 saturated carbocycles. The highest BCUT2D eigenvalue weighted by molar-refractivity contribution is 9.10. The number of carbonyl (C=O) groups excluding carboxylic acids is 1. The molecule has 0 spiro atoms. The summed E-state index contributed by atoms with van der Waals surface area (Å²) < 4.78 is 3.01. The number of thioether (sulfide) groups is 1. The third-order valence-corrected chi connectivity index (χ3v) is 4.69. The molecule has 0 radical (unpaired) electrons. The van der Waals surface area contributed by atoms with E-state index >= 15 is 0 Å². The number of rotatable bonds is 8. The molecule has 7 heteroatoms. The van der Waals surface area contributed by atoms with E-state index in [1.165, 1.54) is 0 Å². The number of carboxylic acid groups (broad SMARTS) is 1. The first-order valence-electron chi connectivity index (χ1n) is 7.26. The Morgan fingerprint density at radius 3 is 2.87 bits per heavy atom. The standard InChI is InChI=1S/C16H19BrN2O3S/c1-23-9-6-13(16(21)22)18-15(20)5-8-19-7-4-11-10-12(17)2-3-14(11)19/h2-4,7,10,13H,5-6,8-9H2,1H3,(H,18,20)(H,21,22)/t13-/m0/s1. The molecule has 5 nitrogen and oxygen atoms in total. The zero-order valence-electron chi connectivity index (χ0n) is 12.8. The summed E-state index contributed by atoms with van der Waals surface area (Å²) in [6, 6.07) is 7.16. The Kier molecular flexibility index (Phi) is 6.53. The van der Waals surface area contributed by atoms with Gasteiger partial charge >= 0.3 is 5.97 Å². The topological polar surface area (TPSA) is 71.3 Å². The molecule has 0 bridgehead atoms. The van der Waals surface area contributed by atoms with Gasteiger partial charge in [-0.3, -0.25) is 4.79 Å². The van der Waals surface area contributed by atoms with Crippen LogP contribution in [0.25, 0.3) is 10.9 Å². The van der Waals surface area contributed by atoms with Crippen molar-refractivity contribution in [3.63, 3.8) is 0 Å². The van der Waals surface area contributed by atoms with E-state index in [9.17, 15) is 9.59 Å². The summed E-state index contributed by atoms with van der Waals surface area (Å²) in [4.78, 5) is 23.2. The molecule has 1 aromatic heterocycles. The first kappa shape index (κ1) is 17.9. The van der Waals surface area contributed by atoms with Crippen LogP contribution in [0.1, 0.15) is 12.8 Å². The van der Waals surface area contributed by atoms with Crippen LogP contribution in [0.15, 0.2) is 34.9 Å². The number of hydrogen-bond acceptors (Lipinski definition) is 3. The summed E-state index contributed by atoms with van der Waals surface area (Å²) in [5, 5.41) is 12.8. The quantitative estimate of drug-likeness (QED) is 0.716. The molecule has 2 N–H and O–H groups in total. The molecule has 1 aromatic carbocycles. The van der Waals surface area contributed by atoms with Gasteiger partial charge in [-0.2, -0.15) is 11.8 Å². The minimum absolute atomic E-state index is 0.238. The van der Waals surface area contributed by atoms with Gasteiger partial charge in [0.05, 0.1) is 0 Å². The van der Waals surface area contributed by atoms with Crippen LogP contribution in [-0.4, -0.2) is 39.6 Å². The van der Waals surface area contributed by atoms with Crippen LogP contribution in [0, 0.1) is 0 Å². The summed E-state index contributed by atoms with van der Waals surface area (Å²) in [7, 11) is 0. The Balaban J connectivity index is 1.93. The van der Waals surface area contributed by atoms with E-state index in [1.807, 2.05) is 41.3 Å². The third-order valence-electron chi connectivity index (χ3n) is 3.56. The minimum Gasteiger partial charge on any atom is -0.480 e. The van der Waals surface area contributed by atoms with Crippen molar-refractivity contribution >= 4 is 50.5 Å². The normalized spacial score (nSPS) is 12.3. The highest BCUT2D eigenvalue weighted by Gasteiger charge is 2.19. The highest BCUT2D eigenvalue weighted by atomic mass is 79.9. The molecule has 0 unspecified atom stereocenters. The Labute approximate surface area is 147 Å². The van der Waals surface area contributed by atoms with Gasteiger partial charge in [-0.25, -0.2) is 4.79 Å². The van der Waals surface area contributed by atoms with Crippen LogP contribution < -0.4 is 5.32 Å². The molecule has 1 atom stereocenters. The second-order valence-corrected chi connectivity index (χ2v) is 7.10. The fraction of sp³-hybridized carbons (Fsp3) is 0.375. The average Bonchev–Trinajstić information content (AvgIpc) is 2.91. The number of nitrogens with one attached hydrogen (secondary N) is 1. The Morgan fingerprint density at radius 2 is 2.17 bits per heavy atom. The number of carbonyl (C=O) groups is 2. The Morgan fingerprint density at radius 1 is 1.39 bits per heavy atom. The predicted molar refractivity (Wildman–Crippen MR) is 96.8 cm³/mol. The molecule has 0 aliphatic carbocycles. The molecule has 0 saturated heterocycles. The molecule has 23 heavy (non-hydrogen) atoms. The highest BCUT2D eigenvalue weighted by Crippen LogP contribution is 2.21. The maximum atomic E-state index is 12.0. The first-order valence-corrected chi connectivity index (χ1v) is 9.45. The molecule has 2 rings (SSSR count). The Bertz CT molecular complexity index is 702. The number of hydrogen-bond donors (Lipinski definition) is 2. The zero-order valence-corrected chi connectivity index (χ0v) is 15.2. The van der Waals surface area contributed by atoms with Crippen molar-refractivity contribution in [2.75, 3.05) is 12.0 Å². The van der Waals surface area contributed by atoms with Gasteiger partial charge in [0.15, 0.2) is 0 Å². The molecule has 2 aromatic rings. The number of benzene rings is 1. The summed E-state index contributed by atoms with van der Waals surface area (Å²) in [6.07, 6.45) is 4.54. The number of amides is 1. The molecular weight excluding hydrogens is 380 g/mol. The summed E-state index contributed by atoms with van der Waals surface area (Å²) in [6.45, 7) is 0.520. The molecule has 0 aliphatic rings. The molecule has 124 valence electrons. The van der Waals surface area contributed by atoms with Gasteiger partial charge in [-0.15, -0.1) is 0 Å². The van der Waals surface area contributed by atoms with Crippen LogP contribution >= 0.6 is 27.7 Å². The molecular formula is C16H19BrN2O3S. The van der Waals surface area contributed by atoms with Crippen LogP contribution in [0.3, 0.4) is 0 Å². The van der Waals surface area contributed by atoms with Gasteiger partial charge in [-0.05, 0) is 42.7 Å². The first-order chi connectivity index (χ1) is 11.0. The van der Waals surface area contributed by atoms with Crippen molar-refractivity contribution in [1.29, 1.82) is 0 Å². The lowest BCUT2D eigenvalue weighted by atomic mass is 10.2. The second kappa shape index (κ2) is 8.40. The number of fused-ring (bicyclic) bond motifs is 1. The van der Waals surface area contributed by atoms with Gasteiger partial charge in [0.1, 0.15) is 6.04 Å². The van der Waals surface area contributed by atoms with Crippen molar-refractivity contribution in [1.82, 2.24) is 9.88 Å². The van der Waals surface area contributed by atoms with Gasteiger partial charge in [0.2, 0.25) is 5.91 Å². The van der Waals surface area contributed by atoms with E-state index in [4.69, 9.17) is 5.11 Å². The molecule has 0 aliphatic heterocycles. The van der Waals surface area contributed by atoms with E-state index in [0.717, 1.165) is 15.4 Å². The lowest BCUT2D eigenvalue weighted by Gasteiger charge is -2.14. The largest absolute Gasteiger partial charge is 0.480 e. The Hall–Kier alpha value is -1.47. The molecule has 0 fully saturated rings. The minimum atomic E-state index is -0.983. The number of nitrogens with zero attached hydrogens (tertiary/aromatic N) is 1. The molecule has 1 amide bonds. The number of carboxylic acids is 1. The van der Waals surface area contributed by atoms with Gasteiger partial charge < -0.3 is 15.0 Å². The van der Waals surface area contributed by atoms with Gasteiger partial charge in [0.25, 0.3) is 0 Å². The van der Waals surface area contributed by atoms with Crippen LogP contribution in [-0.2, 0) is 16.1 Å². The maximum absolute atomic E-state index is 12.0. The van der Waals surface area contributed by atoms with Crippen molar-refractivity contribution in [3.8, 4) is 0 Å². The van der Waals surface area contributed by atoms with Crippen molar-refractivity contribution in [2.45, 2.75) is 25.4 Å². The third kappa shape index (κ3) is 5.00. The summed E-state index contributed by atoms with van der Waals surface area (Å²) in [5.74, 6) is -0.518. The lowest BCUT2D eigenvalue weighted by Crippen LogP contribution is -2.41. The van der Waals surface area contributed by atoms with Crippen LogP contribution in [0.4, 0.5) is 0 Å². The van der Waals surface area contributed by atoms with Crippen LogP contribution in [0.2, 0.25) is 0 Å².